The molecule has 2 N–H and O–H groups in total. The smallest absolute Gasteiger partial charge is 0.200 e. The third-order valence-corrected chi connectivity index (χ3v) is 8.67. The van der Waals surface area contributed by atoms with Crippen molar-refractivity contribution in [1.29, 1.82) is 0 Å². The number of aromatic hydroxyl groups is 1. The molecule has 2 aromatic rings. The first-order valence-corrected chi connectivity index (χ1v) is 11.8. The summed E-state index contributed by atoms with van der Waals surface area (Å²) < 4.78 is 6.26. The van der Waals surface area contributed by atoms with Crippen LogP contribution in [0.5, 0.6) is 11.5 Å². The van der Waals surface area contributed by atoms with Crippen LogP contribution in [-0.4, -0.2) is 51.7 Å². The first-order chi connectivity index (χ1) is 15.5. The molecule has 2 aliphatic heterocycles. The number of piperidine rings is 1. The van der Waals surface area contributed by atoms with E-state index in [-0.39, 0.29) is 17.6 Å². The molecule has 1 spiro atoms. The van der Waals surface area contributed by atoms with Crippen LogP contribution in [0.15, 0.2) is 48.0 Å². The average Bonchev–Trinajstić information content (AvgIpc) is 3.52. The van der Waals surface area contributed by atoms with Gasteiger partial charge in [-0.25, -0.2) is 0 Å². The van der Waals surface area contributed by atoms with E-state index in [0.717, 1.165) is 42.1 Å². The minimum absolute atomic E-state index is 0.0572. The van der Waals surface area contributed by atoms with Gasteiger partial charge in [0.1, 0.15) is 0 Å². The van der Waals surface area contributed by atoms with Gasteiger partial charge in [-0.2, -0.15) is 0 Å². The van der Waals surface area contributed by atoms with Crippen molar-refractivity contribution in [3.8, 4) is 11.5 Å². The van der Waals surface area contributed by atoms with E-state index >= 15 is 0 Å². The van der Waals surface area contributed by atoms with Crippen LogP contribution in [0.25, 0.3) is 6.08 Å². The van der Waals surface area contributed by atoms with Crippen LogP contribution in [0.4, 0.5) is 0 Å². The van der Waals surface area contributed by atoms with Crippen LogP contribution >= 0.6 is 0 Å². The Morgan fingerprint density at radius 3 is 2.75 bits per heavy atom. The highest BCUT2D eigenvalue weighted by Gasteiger charge is 2.74. The number of hydrogen-bond acceptors (Lipinski definition) is 5. The number of hydrogen-bond donors (Lipinski definition) is 2. The van der Waals surface area contributed by atoms with Crippen molar-refractivity contribution in [2.24, 2.45) is 5.92 Å². The van der Waals surface area contributed by atoms with E-state index in [0.29, 0.717) is 24.2 Å². The lowest BCUT2D eigenvalue weighted by molar-refractivity contribution is -0.179. The molecule has 2 saturated carbocycles. The lowest BCUT2D eigenvalue weighted by Gasteiger charge is -2.62. The summed E-state index contributed by atoms with van der Waals surface area (Å²) in [7, 11) is 0. The second-order valence-electron chi connectivity index (χ2n) is 10.4. The molecule has 7 rings (SSSR count). The summed E-state index contributed by atoms with van der Waals surface area (Å²) in [6, 6.07) is 13.4. The van der Waals surface area contributed by atoms with Gasteiger partial charge >= 0.3 is 0 Å². The van der Waals surface area contributed by atoms with Crippen LogP contribution < -0.4 is 4.74 Å². The Balaban J connectivity index is 1.42. The van der Waals surface area contributed by atoms with E-state index in [2.05, 4.69) is 4.90 Å². The number of phenolic OH excluding ortho intramolecular Hbond substituents is 1. The van der Waals surface area contributed by atoms with Crippen molar-refractivity contribution >= 4 is 11.9 Å². The zero-order valence-electron chi connectivity index (χ0n) is 18.0. The highest BCUT2D eigenvalue weighted by atomic mass is 16.5. The molecule has 5 nitrogen and oxygen atoms in total. The standard InChI is InChI=1S/C27H27NO4/c29-20-9-8-18-13-21-27(31)14-19(12-16-4-2-1-3-5-16)23(30)25-26(27,22(18)24(20)32-25)10-11-28(21)15-17-6-7-17/h1-5,8-9,12,17,21,25,29,31H,6-7,10-11,13-15H2/t21-,25+,26-,27+/m1/s1. The fraction of sp³-hybridized carbons (Fsp3) is 0.444. The zero-order chi connectivity index (χ0) is 21.7. The third-order valence-electron chi connectivity index (χ3n) is 8.67. The molecule has 5 heteroatoms. The normalized spacial score (nSPS) is 36.2. The SMILES string of the molecule is O=C1C(=Cc2ccccc2)C[C@]2(O)[C@H]3Cc4ccc(O)c5c4[C@]2(CCN3CC2CC2)[C@H]1O5. The van der Waals surface area contributed by atoms with E-state index in [4.69, 9.17) is 4.74 Å². The van der Waals surface area contributed by atoms with Gasteiger partial charge in [-0.1, -0.05) is 36.4 Å². The average molecular weight is 430 g/mol. The van der Waals surface area contributed by atoms with Crippen LogP contribution in [-0.2, 0) is 16.6 Å². The van der Waals surface area contributed by atoms with Gasteiger partial charge in [0.2, 0.25) is 0 Å². The molecule has 0 aromatic heterocycles. The number of rotatable bonds is 3. The number of likely N-dealkylation sites (tertiary alicyclic amines) is 1. The molecule has 2 bridgehead atoms. The lowest BCUT2D eigenvalue weighted by atomic mass is 9.48. The van der Waals surface area contributed by atoms with E-state index < -0.39 is 17.1 Å². The summed E-state index contributed by atoms with van der Waals surface area (Å²) in [5, 5.41) is 23.2. The summed E-state index contributed by atoms with van der Waals surface area (Å²) in [5.74, 6) is 1.14. The number of benzene rings is 2. The van der Waals surface area contributed by atoms with Crippen molar-refractivity contribution in [3.05, 3.63) is 64.7 Å². The molecule has 0 unspecified atom stereocenters. The number of carbonyl (C=O) groups is 1. The second kappa shape index (κ2) is 6.24. The number of Topliss-reactive ketones (excluding diaryl/α,β-unsaturated/α-hetero) is 1. The predicted octanol–water partition coefficient (Wildman–Crippen LogP) is 3.22. The Morgan fingerprint density at radius 2 is 1.97 bits per heavy atom. The van der Waals surface area contributed by atoms with Gasteiger partial charge in [-0.3, -0.25) is 9.69 Å². The zero-order valence-corrected chi connectivity index (χ0v) is 18.0. The molecule has 2 heterocycles. The Hall–Kier alpha value is -2.63. The molecule has 4 atom stereocenters. The summed E-state index contributed by atoms with van der Waals surface area (Å²) in [4.78, 5) is 16.3. The first-order valence-electron chi connectivity index (χ1n) is 11.8. The number of phenols is 1. The van der Waals surface area contributed by atoms with Crippen molar-refractivity contribution < 1.29 is 19.7 Å². The van der Waals surface area contributed by atoms with Gasteiger partial charge < -0.3 is 14.9 Å². The van der Waals surface area contributed by atoms with Gasteiger partial charge in [0.15, 0.2) is 23.4 Å². The van der Waals surface area contributed by atoms with Crippen molar-refractivity contribution in [1.82, 2.24) is 4.90 Å². The summed E-state index contributed by atoms with van der Waals surface area (Å²) >= 11 is 0. The summed E-state index contributed by atoms with van der Waals surface area (Å²) in [6.45, 7) is 1.86. The maximum Gasteiger partial charge on any atom is 0.200 e. The summed E-state index contributed by atoms with van der Waals surface area (Å²) in [6.07, 6.45) is 5.37. The van der Waals surface area contributed by atoms with Crippen LogP contribution in [0.2, 0.25) is 0 Å². The molecule has 1 saturated heterocycles. The highest BCUT2D eigenvalue weighted by Crippen LogP contribution is 2.65. The number of aliphatic hydroxyl groups is 1. The predicted molar refractivity (Wildman–Crippen MR) is 120 cm³/mol. The fourth-order valence-corrected chi connectivity index (χ4v) is 7.06. The molecule has 0 radical (unpaired) electrons. The van der Waals surface area contributed by atoms with Gasteiger partial charge in [-0.15, -0.1) is 0 Å². The van der Waals surface area contributed by atoms with Crippen molar-refractivity contribution in [3.63, 3.8) is 0 Å². The monoisotopic (exact) mass is 429 g/mol. The summed E-state index contributed by atoms with van der Waals surface area (Å²) in [5.41, 5.74) is 1.67. The maximum absolute atomic E-state index is 13.8. The number of ether oxygens (including phenoxy) is 1. The first kappa shape index (κ1) is 18.9. The molecule has 0 amide bonds. The Bertz CT molecular complexity index is 1170. The highest BCUT2D eigenvalue weighted by molar-refractivity contribution is 6.06. The molecule has 3 fully saturated rings. The molecule has 32 heavy (non-hydrogen) atoms. The van der Waals surface area contributed by atoms with Crippen molar-refractivity contribution in [2.75, 3.05) is 13.1 Å². The van der Waals surface area contributed by atoms with Gasteiger partial charge in [0.25, 0.3) is 0 Å². The van der Waals surface area contributed by atoms with E-state index in [1.807, 2.05) is 42.5 Å². The Morgan fingerprint density at radius 1 is 1.16 bits per heavy atom. The number of ketones is 1. The molecule has 164 valence electrons. The van der Waals surface area contributed by atoms with Gasteiger partial charge in [0, 0.05) is 30.1 Å². The van der Waals surface area contributed by atoms with E-state index in [9.17, 15) is 15.0 Å². The second-order valence-corrected chi connectivity index (χ2v) is 10.4. The molecular formula is C27H27NO4. The molecule has 2 aromatic carbocycles. The van der Waals surface area contributed by atoms with E-state index in [1.165, 1.54) is 12.8 Å². The molecular weight excluding hydrogens is 402 g/mol. The molecule has 5 aliphatic rings. The minimum Gasteiger partial charge on any atom is -0.504 e. The minimum atomic E-state index is -1.11. The third kappa shape index (κ3) is 2.28. The Labute approximate surface area is 187 Å². The van der Waals surface area contributed by atoms with Gasteiger partial charge in [-0.05, 0) is 61.4 Å². The van der Waals surface area contributed by atoms with Crippen LogP contribution in [0, 0.1) is 5.92 Å². The number of nitrogens with zero attached hydrogens (tertiary/aromatic N) is 1. The van der Waals surface area contributed by atoms with Crippen LogP contribution in [0.3, 0.4) is 0 Å². The van der Waals surface area contributed by atoms with Crippen molar-refractivity contribution in [2.45, 2.75) is 55.3 Å². The fourth-order valence-electron chi connectivity index (χ4n) is 7.06. The topological polar surface area (TPSA) is 70.0 Å². The molecule has 3 aliphatic carbocycles. The number of carbonyl (C=O) groups excluding carboxylic acids is 1. The largest absolute Gasteiger partial charge is 0.504 e. The van der Waals surface area contributed by atoms with E-state index in [1.54, 1.807) is 6.07 Å². The maximum atomic E-state index is 13.8. The van der Waals surface area contributed by atoms with Gasteiger partial charge in [0.05, 0.1) is 11.0 Å². The lowest BCUT2D eigenvalue weighted by Crippen LogP contribution is -2.77. The quantitative estimate of drug-likeness (QED) is 0.734. The van der Waals surface area contributed by atoms with Crippen LogP contribution in [0.1, 0.15) is 42.4 Å². The Kier molecular flexibility index (Phi) is 3.68.